The monoisotopic (exact) mass is 436 g/mol. The van der Waals surface area contributed by atoms with Crippen LogP contribution in [0, 0.1) is 10.1 Å². The highest BCUT2D eigenvalue weighted by Gasteiger charge is 2.39. The van der Waals surface area contributed by atoms with Gasteiger partial charge in [0, 0.05) is 28.2 Å². The number of benzene rings is 1. The highest BCUT2D eigenvalue weighted by atomic mass is 35.5. The summed E-state index contributed by atoms with van der Waals surface area (Å²) < 4.78 is 0. The molecule has 12 heteroatoms. The number of hydrogen-bond acceptors (Lipinski definition) is 9. The topological polar surface area (TPSA) is 171 Å². The van der Waals surface area contributed by atoms with Crippen molar-refractivity contribution >= 4 is 46.4 Å². The minimum Gasteiger partial charge on any atom is -0.385 e. The smallest absolute Gasteiger partial charge is 0.311 e. The Kier molecular flexibility index (Phi) is 5.66. The van der Waals surface area contributed by atoms with Gasteiger partial charge in [0.05, 0.1) is 11.1 Å². The van der Waals surface area contributed by atoms with Crippen LogP contribution in [0.15, 0.2) is 47.3 Å². The maximum Gasteiger partial charge on any atom is 0.311 e. The lowest BCUT2D eigenvalue weighted by Crippen LogP contribution is -2.56. The van der Waals surface area contributed by atoms with Crippen molar-refractivity contribution in [1.82, 2.24) is 10.3 Å². The third-order valence-electron chi connectivity index (χ3n) is 4.43. The number of anilines is 2. The second-order valence-corrected chi connectivity index (χ2v) is 7.13. The van der Waals surface area contributed by atoms with Gasteiger partial charge in [0.2, 0.25) is 5.82 Å². The molecule has 10 nitrogen and oxygen atoms in total. The van der Waals surface area contributed by atoms with Crippen LogP contribution >= 0.6 is 23.2 Å². The van der Waals surface area contributed by atoms with Crippen molar-refractivity contribution in [2.75, 3.05) is 17.6 Å². The summed E-state index contributed by atoms with van der Waals surface area (Å²) in [5.41, 5.74) is 17.2. The average molecular weight is 437 g/mol. The molecule has 1 aromatic heterocycles. The van der Waals surface area contributed by atoms with Gasteiger partial charge < -0.3 is 27.8 Å². The quantitative estimate of drug-likeness (QED) is 0.338. The lowest BCUT2D eigenvalue weighted by molar-refractivity contribution is -0.384. The summed E-state index contributed by atoms with van der Waals surface area (Å²) in [6.45, 7) is 0.347. The van der Waals surface area contributed by atoms with E-state index in [-0.39, 0.29) is 17.3 Å². The summed E-state index contributed by atoms with van der Waals surface area (Å²) in [6.07, 6.45) is 1.79. The van der Waals surface area contributed by atoms with Gasteiger partial charge in [-0.05, 0) is 24.6 Å². The standard InChI is InChI=1S/C17H18Cl2N8O2/c18-9-1-2-10(11(19)7-9)17(16(22)24-8-13(20)26-17)5-6-23-14-4-3-12(27(28)29)15(21)25-14/h1-4,7-8,26H,5-6,20H2,(H2,22,24)(H3,21,23,25). The SMILES string of the molecule is NC1=CN=C(N)C(CCNc2ccc([N+](=O)[O-])c(N)n2)(c2ccc(Cl)cc2Cl)N1. The maximum atomic E-state index is 10.9. The van der Waals surface area contributed by atoms with Crippen molar-refractivity contribution in [2.24, 2.45) is 16.5 Å². The van der Waals surface area contributed by atoms with Crippen LogP contribution in [0.4, 0.5) is 17.3 Å². The van der Waals surface area contributed by atoms with Gasteiger partial charge in [-0.3, -0.25) is 10.1 Å². The number of halogens is 2. The number of nitrogens with two attached hydrogens (primary N) is 3. The largest absolute Gasteiger partial charge is 0.385 e. The second kappa shape index (κ2) is 8.02. The Bertz CT molecular complexity index is 1030. The summed E-state index contributed by atoms with van der Waals surface area (Å²) in [7, 11) is 0. The number of aromatic nitrogens is 1. The van der Waals surface area contributed by atoms with Crippen LogP contribution in [-0.2, 0) is 5.54 Å². The number of nitrogen functional groups attached to an aromatic ring is 1. The zero-order chi connectivity index (χ0) is 21.2. The lowest BCUT2D eigenvalue weighted by atomic mass is 9.84. The molecule has 1 aromatic carbocycles. The van der Waals surface area contributed by atoms with E-state index in [2.05, 4.69) is 20.6 Å². The molecule has 29 heavy (non-hydrogen) atoms. The van der Waals surface area contributed by atoms with E-state index in [1.165, 1.54) is 18.3 Å². The molecule has 1 aliphatic heterocycles. The Hall–Kier alpha value is -3.24. The first-order chi connectivity index (χ1) is 13.7. The van der Waals surface area contributed by atoms with Crippen LogP contribution in [0.5, 0.6) is 0 Å². The number of nitrogens with zero attached hydrogens (tertiary/aromatic N) is 3. The molecular weight excluding hydrogens is 419 g/mol. The van der Waals surface area contributed by atoms with Crippen molar-refractivity contribution in [3.63, 3.8) is 0 Å². The molecule has 0 amide bonds. The molecule has 8 N–H and O–H groups in total. The van der Waals surface area contributed by atoms with Gasteiger partial charge in [-0.2, -0.15) is 0 Å². The van der Waals surface area contributed by atoms with Gasteiger partial charge in [0.25, 0.3) is 0 Å². The number of hydrogen-bond donors (Lipinski definition) is 5. The fourth-order valence-electron chi connectivity index (χ4n) is 3.06. The van der Waals surface area contributed by atoms with Gasteiger partial charge in [-0.15, -0.1) is 0 Å². The van der Waals surface area contributed by atoms with Crippen LogP contribution in [0.2, 0.25) is 10.0 Å². The number of rotatable bonds is 6. The van der Waals surface area contributed by atoms with E-state index in [0.717, 1.165) is 0 Å². The summed E-state index contributed by atoms with van der Waals surface area (Å²) in [6, 6.07) is 7.80. The molecule has 0 aliphatic carbocycles. The third kappa shape index (κ3) is 4.13. The lowest BCUT2D eigenvalue weighted by Gasteiger charge is -2.38. The van der Waals surface area contributed by atoms with Crippen LogP contribution in [0.25, 0.3) is 0 Å². The zero-order valence-electron chi connectivity index (χ0n) is 15.0. The van der Waals surface area contributed by atoms with E-state index in [1.807, 2.05) is 0 Å². The summed E-state index contributed by atoms with van der Waals surface area (Å²) in [4.78, 5) is 18.5. The molecular formula is C17H18Cl2N8O2. The van der Waals surface area contributed by atoms with Gasteiger partial charge in [-0.1, -0.05) is 29.3 Å². The summed E-state index contributed by atoms with van der Waals surface area (Å²) in [5.74, 6) is 0.789. The molecule has 1 atom stereocenters. The number of nitro groups is 1. The Morgan fingerprint density at radius 1 is 1.21 bits per heavy atom. The van der Waals surface area contributed by atoms with E-state index in [4.69, 9.17) is 40.4 Å². The van der Waals surface area contributed by atoms with Crippen LogP contribution in [-0.4, -0.2) is 22.3 Å². The molecule has 1 unspecified atom stereocenters. The van der Waals surface area contributed by atoms with Gasteiger partial charge in [0.1, 0.15) is 23.0 Å². The predicted molar refractivity (Wildman–Crippen MR) is 114 cm³/mol. The summed E-state index contributed by atoms with van der Waals surface area (Å²) >= 11 is 12.4. The first kappa shape index (κ1) is 20.5. The Morgan fingerprint density at radius 2 is 1.97 bits per heavy atom. The van der Waals surface area contributed by atoms with E-state index in [1.54, 1.807) is 18.2 Å². The molecule has 0 saturated heterocycles. The minimum atomic E-state index is -0.986. The van der Waals surface area contributed by atoms with Crippen LogP contribution in [0.3, 0.4) is 0 Å². The molecule has 2 aromatic rings. The van der Waals surface area contributed by atoms with Crippen molar-refractivity contribution in [3.8, 4) is 0 Å². The predicted octanol–water partition coefficient (Wildman–Crippen LogP) is 2.29. The Morgan fingerprint density at radius 3 is 2.62 bits per heavy atom. The highest BCUT2D eigenvalue weighted by Crippen LogP contribution is 2.35. The van der Waals surface area contributed by atoms with E-state index < -0.39 is 10.5 Å². The number of nitrogens with one attached hydrogen (secondary N) is 2. The first-order valence-electron chi connectivity index (χ1n) is 8.41. The van der Waals surface area contributed by atoms with Crippen molar-refractivity contribution in [3.05, 3.63) is 68.1 Å². The zero-order valence-corrected chi connectivity index (χ0v) is 16.5. The van der Waals surface area contributed by atoms with E-state index in [0.29, 0.717) is 40.2 Å². The fraction of sp³-hybridized carbons (Fsp3) is 0.176. The molecule has 0 saturated carbocycles. The normalized spacial score (nSPS) is 18.4. The van der Waals surface area contributed by atoms with Gasteiger partial charge in [0.15, 0.2) is 0 Å². The van der Waals surface area contributed by atoms with Crippen molar-refractivity contribution in [1.29, 1.82) is 0 Å². The van der Waals surface area contributed by atoms with Gasteiger partial charge >= 0.3 is 5.69 Å². The first-order valence-corrected chi connectivity index (χ1v) is 9.16. The minimum absolute atomic E-state index is 0.181. The van der Waals surface area contributed by atoms with Crippen LogP contribution < -0.4 is 27.8 Å². The fourth-order valence-corrected chi connectivity index (χ4v) is 3.63. The second-order valence-electron chi connectivity index (χ2n) is 6.29. The van der Waals surface area contributed by atoms with E-state index in [9.17, 15) is 10.1 Å². The number of amidine groups is 1. The molecule has 2 heterocycles. The average Bonchev–Trinajstić information content (AvgIpc) is 2.64. The molecule has 0 spiro atoms. The highest BCUT2D eigenvalue weighted by molar-refractivity contribution is 6.35. The summed E-state index contributed by atoms with van der Waals surface area (Å²) in [5, 5.41) is 18.0. The van der Waals surface area contributed by atoms with E-state index >= 15 is 0 Å². The van der Waals surface area contributed by atoms with Gasteiger partial charge in [-0.25, -0.2) is 9.98 Å². The third-order valence-corrected chi connectivity index (χ3v) is 4.98. The molecule has 0 bridgehead atoms. The molecule has 3 rings (SSSR count). The number of pyridine rings is 1. The number of aliphatic imine (C=N–C) groups is 1. The maximum absolute atomic E-state index is 10.9. The van der Waals surface area contributed by atoms with Crippen LogP contribution in [0.1, 0.15) is 12.0 Å². The van der Waals surface area contributed by atoms with Crippen molar-refractivity contribution < 1.29 is 4.92 Å². The molecule has 0 fully saturated rings. The molecule has 152 valence electrons. The Labute approximate surface area is 175 Å². The van der Waals surface area contributed by atoms with Crippen molar-refractivity contribution in [2.45, 2.75) is 12.0 Å². The molecule has 0 radical (unpaired) electrons. The Balaban J connectivity index is 1.86. The molecule has 1 aliphatic rings.